The first-order valence-electron chi connectivity index (χ1n) is 26.2. The van der Waals surface area contributed by atoms with Crippen molar-refractivity contribution in [2.24, 2.45) is 0 Å². The molecule has 0 bridgehead atoms. The molecule has 22 N–H and O–H groups in total. The molecule has 0 aromatic rings. The molecule has 0 aromatic heterocycles. The van der Waals surface area contributed by atoms with E-state index in [-0.39, 0.29) is 18.8 Å². The molecule has 82 heavy (non-hydrogen) atoms. The van der Waals surface area contributed by atoms with Gasteiger partial charge in [-0.1, -0.05) is 0 Å². The summed E-state index contributed by atoms with van der Waals surface area (Å²) in [5.74, 6) is 0.260. The molecular weight excluding hydrogens is 1150 g/mol. The van der Waals surface area contributed by atoms with Crippen LogP contribution in [0.3, 0.4) is 0 Å². The van der Waals surface area contributed by atoms with Gasteiger partial charge < -0.3 is 179 Å². The molecular formula is C45H78O36S. The van der Waals surface area contributed by atoms with Crippen LogP contribution in [0.15, 0.2) is 0 Å². The topological polar surface area (TPSA) is 574 Å². The first-order valence-corrected chi connectivity index (χ1v) is 26.9. The fourth-order valence-electron chi connectivity index (χ4n) is 10.3. The highest BCUT2D eigenvalue weighted by Gasteiger charge is 2.58. The van der Waals surface area contributed by atoms with Gasteiger partial charge in [-0.05, 0) is 12.2 Å². The second kappa shape index (κ2) is 30.4. The van der Waals surface area contributed by atoms with Gasteiger partial charge in [0.1, 0.15) is 171 Å². The molecule has 0 aromatic carbocycles. The van der Waals surface area contributed by atoms with Gasteiger partial charge in [-0.2, -0.15) is 12.6 Å². The Morgan fingerprint density at radius 3 is 0.927 bits per heavy atom. The summed E-state index contributed by atoms with van der Waals surface area (Å²) in [7, 11) is 0. The molecule has 7 saturated heterocycles. The van der Waals surface area contributed by atoms with E-state index in [0.29, 0.717) is 0 Å². The van der Waals surface area contributed by atoms with Crippen molar-refractivity contribution in [3.05, 3.63) is 0 Å². The summed E-state index contributed by atoms with van der Waals surface area (Å²) in [6.45, 7) is -6.91. The van der Waals surface area contributed by atoms with Gasteiger partial charge in [-0.3, -0.25) is 0 Å². The van der Waals surface area contributed by atoms with Gasteiger partial charge in [-0.25, -0.2) is 0 Å². The highest BCUT2D eigenvalue weighted by atomic mass is 32.1. The number of hydrogen-bond donors (Lipinski definition) is 23. The minimum atomic E-state index is -2.29. The number of aliphatic hydroxyl groups excluding tert-OH is 22. The van der Waals surface area contributed by atoms with Gasteiger partial charge in [0.2, 0.25) is 0 Å². The Morgan fingerprint density at radius 2 is 0.549 bits per heavy atom. The maximum Gasteiger partial charge on any atom is 0.187 e. The molecule has 14 unspecified atom stereocenters. The zero-order valence-electron chi connectivity index (χ0n) is 43.3. The van der Waals surface area contributed by atoms with Crippen LogP contribution in [-0.4, -0.2) is 386 Å². The van der Waals surface area contributed by atoms with Gasteiger partial charge >= 0.3 is 0 Å². The standard InChI is InChI=1S/C45H78O36S/c46-4-11-18(52)22(56)28(62)40(70-11)77-34-15(8-50)74-43(31(65)26(34)60)78-35-16(9-51)75-44(32(66)27(35)61)81-38-25(59)21(55)14(7-49)73-45(38)69-10-17-36(79-41-29(63)23(57)19(53)12(5-47)71-41)37(33(67)39(76-17)68-2-1-3-82)80-42-30(64)24(58)20(54)13(6-48)72-42/h11-67,82H,1-10H2/t11?,12?,13?,14?,15?,16?,17?,18-,19+,20+,21+,22-,23-,24-,25?,26+,27+,28?,29?,30?,31?,32?,33?,34-,35+,36+,37+,38-,39-,40+,41-,42-,43-,44-,45+/m0/s1. The predicted octanol–water partition coefficient (Wildman–Crippen LogP) is -14.9. The summed E-state index contributed by atoms with van der Waals surface area (Å²) < 4.78 is 80.8. The Labute approximate surface area is 470 Å². The van der Waals surface area contributed by atoms with E-state index >= 15 is 0 Å². The average Bonchev–Trinajstić information content (AvgIpc) is 3.09. The largest absolute Gasteiger partial charge is 0.394 e. The summed E-state index contributed by atoms with van der Waals surface area (Å²) in [4.78, 5) is 0. The van der Waals surface area contributed by atoms with E-state index in [1.165, 1.54) is 0 Å². The van der Waals surface area contributed by atoms with Crippen molar-refractivity contribution in [1.82, 2.24) is 0 Å². The van der Waals surface area contributed by atoms with E-state index in [0.717, 1.165) is 0 Å². The molecule has 35 atom stereocenters. The second-order valence-electron chi connectivity index (χ2n) is 20.5. The van der Waals surface area contributed by atoms with Crippen LogP contribution in [0.1, 0.15) is 6.42 Å². The van der Waals surface area contributed by atoms with E-state index in [1.807, 2.05) is 0 Å². The number of rotatable bonds is 23. The highest BCUT2D eigenvalue weighted by molar-refractivity contribution is 7.80. The summed E-state index contributed by atoms with van der Waals surface area (Å²) in [6, 6.07) is 0. The molecule has 7 rings (SSSR count). The van der Waals surface area contributed by atoms with Crippen LogP contribution in [0.2, 0.25) is 0 Å². The molecule has 36 nitrogen and oxygen atoms in total. The van der Waals surface area contributed by atoms with Crippen LogP contribution in [0, 0.1) is 0 Å². The van der Waals surface area contributed by atoms with Gasteiger partial charge in [0.15, 0.2) is 44.0 Å². The molecule has 7 heterocycles. The zero-order valence-corrected chi connectivity index (χ0v) is 44.2. The summed E-state index contributed by atoms with van der Waals surface area (Å²) in [6.07, 6.45) is -67.7. The fourth-order valence-corrected chi connectivity index (χ4v) is 10.4. The first-order chi connectivity index (χ1) is 39.0. The Balaban J connectivity index is 1.11. The minimum absolute atomic E-state index is 0.159. The Morgan fingerprint density at radius 1 is 0.256 bits per heavy atom. The third kappa shape index (κ3) is 14.6. The molecule has 0 amide bonds. The number of hydrogen-bond acceptors (Lipinski definition) is 37. The molecule has 0 spiro atoms. The summed E-state index contributed by atoms with van der Waals surface area (Å²) >= 11 is 4.16. The van der Waals surface area contributed by atoms with Gasteiger partial charge in [0.05, 0.1) is 52.9 Å². The van der Waals surface area contributed by atoms with E-state index in [2.05, 4.69) is 12.6 Å². The average molecular weight is 1230 g/mol. The molecule has 7 aliphatic rings. The van der Waals surface area contributed by atoms with E-state index in [4.69, 9.17) is 66.3 Å². The van der Waals surface area contributed by atoms with Crippen LogP contribution in [-0.2, 0) is 66.3 Å². The van der Waals surface area contributed by atoms with Gasteiger partial charge in [0, 0.05) is 0 Å². The molecule has 7 aliphatic heterocycles. The smallest absolute Gasteiger partial charge is 0.187 e. The van der Waals surface area contributed by atoms with E-state index in [1.54, 1.807) is 0 Å². The molecule has 37 heteroatoms. The molecule has 7 fully saturated rings. The number of aliphatic hydroxyl groups is 22. The van der Waals surface area contributed by atoms with Crippen LogP contribution < -0.4 is 0 Å². The quantitative estimate of drug-likeness (QED) is 0.0334. The monoisotopic (exact) mass is 1230 g/mol. The van der Waals surface area contributed by atoms with Crippen LogP contribution in [0.25, 0.3) is 0 Å². The number of ether oxygens (including phenoxy) is 14. The lowest BCUT2D eigenvalue weighted by Crippen LogP contribution is -2.68. The fraction of sp³-hybridized carbons (Fsp3) is 1.00. The highest BCUT2D eigenvalue weighted by Crippen LogP contribution is 2.38. The predicted molar refractivity (Wildman–Crippen MR) is 254 cm³/mol. The Bertz CT molecular complexity index is 1890. The first kappa shape index (κ1) is 68.4. The Hall–Kier alpha value is -1.09. The van der Waals surface area contributed by atoms with Crippen LogP contribution in [0.5, 0.6) is 0 Å². The SMILES string of the molecule is OCC1O[C@@H](OCC2O[C@H](OCCCS)C(O)[C@@H](O[C@@H]3OC(CO)[C@@H](O)[C@H](O)C3O)[C@@H]2O[C@@H]2OC(CO)[C@@H](O)[C@H](O)C2O)[C@@H](O[C@@H]2OC(CO)[C@@H](O[C@@H]3OC(CO)[C@H](O[C@H]4OC(CO)[C@H](O)[C@H](O)C4O)[C@H](O)C3O)[C@H](O)C2O)C(O)[C@@H]1O. The van der Waals surface area contributed by atoms with Crippen LogP contribution >= 0.6 is 12.6 Å². The zero-order chi connectivity index (χ0) is 60.2. The normalized spacial score (nSPS) is 51.5. The van der Waals surface area contributed by atoms with E-state index < -0.39 is 261 Å². The lowest BCUT2D eigenvalue weighted by atomic mass is 9.95. The molecule has 480 valence electrons. The molecule has 0 saturated carbocycles. The van der Waals surface area contributed by atoms with Crippen molar-refractivity contribution in [3.8, 4) is 0 Å². The molecule has 0 aliphatic carbocycles. The second-order valence-corrected chi connectivity index (χ2v) is 21.0. The van der Waals surface area contributed by atoms with Crippen molar-refractivity contribution in [2.45, 2.75) is 221 Å². The maximum atomic E-state index is 11.8. The van der Waals surface area contributed by atoms with Crippen molar-refractivity contribution in [1.29, 1.82) is 0 Å². The lowest BCUT2D eigenvalue weighted by Gasteiger charge is -2.50. The lowest BCUT2D eigenvalue weighted by molar-refractivity contribution is -0.399. The van der Waals surface area contributed by atoms with Crippen molar-refractivity contribution < 1.29 is 179 Å². The third-order valence-electron chi connectivity index (χ3n) is 15.1. The minimum Gasteiger partial charge on any atom is -0.394 e. The summed E-state index contributed by atoms with van der Waals surface area (Å²) in [5, 5.41) is 235. The Kier molecular flexibility index (Phi) is 25.4. The number of thiol groups is 1. The van der Waals surface area contributed by atoms with Gasteiger partial charge in [-0.15, -0.1) is 0 Å². The molecule has 0 radical (unpaired) electrons. The third-order valence-corrected chi connectivity index (χ3v) is 15.4. The van der Waals surface area contributed by atoms with Crippen molar-refractivity contribution >= 4 is 12.6 Å². The van der Waals surface area contributed by atoms with Crippen molar-refractivity contribution in [2.75, 3.05) is 58.6 Å². The van der Waals surface area contributed by atoms with Crippen LogP contribution in [0.4, 0.5) is 0 Å². The maximum absolute atomic E-state index is 11.8. The van der Waals surface area contributed by atoms with E-state index in [9.17, 15) is 112 Å². The van der Waals surface area contributed by atoms with Crippen molar-refractivity contribution in [3.63, 3.8) is 0 Å². The summed E-state index contributed by atoms with van der Waals surface area (Å²) in [5.41, 5.74) is 0. The van der Waals surface area contributed by atoms with Gasteiger partial charge in [0.25, 0.3) is 0 Å².